The van der Waals surface area contributed by atoms with Crippen LogP contribution in [-0.2, 0) is 4.74 Å². The molecule has 0 radical (unpaired) electrons. The molecule has 2 aromatic rings. The third-order valence-corrected chi connectivity index (χ3v) is 3.46. The normalized spacial score (nSPS) is 14.1. The average Bonchev–Trinajstić information content (AvgIpc) is 2.49. The highest BCUT2D eigenvalue weighted by Crippen LogP contribution is 2.31. The molecular weight excluding hydrogens is 314 g/mol. The van der Waals surface area contributed by atoms with Gasteiger partial charge in [0.25, 0.3) is 0 Å². The third kappa shape index (κ3) is 2.78. The molecule has 0 saturated carbocycles. The molecule has 1 aliphatic rings. The molecule has 0 bridgehead atoms. The van der Waals surface area contributed by atoms with E-state index in [1.54, 1.807) is 6.07 Å². The smallest absolute Gasteiger partial charge is 0.428 e. The topological polar surface area (TPSA) is 50.7 Å². The summed E-state index contributed by atoms with van der Waals surface area (Å²) in [7, 11) is 0. The molecule has 1 heterocycles. The second-order valence-electron chi connectivity index (χ2n) is 4.57. The lowest BCUT2D eigenvalue weighted by atomic mass is 10.0. The summed E-state index contributed by atoms with van der Waals surface area (Å²) in [4.78, 5) is 10.9. The minimum Gasteiger partial charge on any atom is -0.442 e. The van der Waals surface area contributed by atoms with Gasteiger partial charge >= 0.3 is 6.09 Å². The largest absolute Gasteiger partial charge is 0.442 e. The Morgan fingerprint density at radius 2 is 1.91 bits per heavy atom. The van der Waals surface area contributed by atoms with Crippen LogP contribution in [0.15, 0.2) is 41.5 Å². The van der Waals surface area contributed by atoms with Gasteiger partial charge in [0, 0.05) is 16.7 Å². The highest BCUT2D eigenvalue weighted by molar-refractivity contribution is 6.33. The lowest BCUT2D eigenvalue weighted by molar-refractivity contribution is 0.157. The maximum absolute atomic E-state index is 14.3. The van der Waals surface area contributed by atoms with Gasteiger partial charge in [-0.15, -0.1) is 0 Å². The van der Waals surface area contributed by atoms with E-state index in [1.165, 1.54) is 24.3 Å². The lowest BCUT2D eigenvalue weighted by Gasteiger charge is -2.14. The number of carbonyl (C=O) groups excluding carboxylic acids is 1. The van der Waals surface area contributed by atoms with Crippen LogP contribution in [0.5, 0.6) is 0 Å². The molecule has 0 aliphatic carbocycles. The van der Waals surface area contributed by atoms with Crippen LogP contribution in [0.4, 0.5) is 13.6 Å². The van der Waals surface area contributed by atoms with Crippen molar-refractivity contribution in [3.63, 3.8) is 0 Å². The summed E-state index contributed by atoms with van der Waals surface area (Å²) in [6, 6.07) is 8.15. The third-order valence-electron chi connectivity index (χ3n) is 3.15. The number of amides is 1. The van der Waals surface area contributed by atoms with Gasteiger partial charge in [-0.1, -0.05) is 23.7 Å². The second kappa shape index (κ2) is 5.73. The maximum atomic E-state index is 14.3. The van der Waals surface area contributed by atoms with Crippen molar-refractivity contribution >= 4 is 23.4 Å². The van der Waals surface area contributed by atoms with Crippen molar-refractivity contribution in [3.05, 3.63) is 58.6 Å². The van der Waals surface area contributed by atoms with Crippen molar-refractivity contribution in [2.75, 3.05) is 6.61 Å². The molecule has 7 heteroatoms. The number of cyclic esters (lactones) is 1. The first kappa shape index (κ1) is 14.5. The Kier molecular flexibility index (Phi) is 3.77. The van der Waals surface area contributed by atoms with E-state index in [1.807, 2.05) is 0 Å². The molecule has 0 fully saturated rings. The summed E-state index contributed by atoms with van der Waals surface area (Å²) in [5, 5.41) is 3.93. The van der Waals surface area contributed by atoms with Crippen molar-refractivity contribution in [1.29, 1.82) is 0 Å². The number of hydrogen-bond acceptors (Lipinski definition) is 3. The van der Waals surface area contributed by atoms with Crippen molar-refractivity contribution in [3.8, 4) is 11.1 Å². The molecule has 0 atom stereocenters. The first-order valence-electron chi connectivity index (χ1n) is 6.29. The van der Waals surface area contributed by atoms with Crippen LogP contribution in [0.1, 0.15) is 5.56 Å². The monoisotopic (exact) mass is 322 g/mol. The molecule has 2 aromatic carbocycles. The van der Waals surface area contributed by atoms with Crippen molar-refractivity contribution in [1.82, 2.24) is 5.43 Å². The van der Waals surface area contributed by atoms with Crippen LogP contribution in [0.3, 0.4) is 0 Å². The quantitative estimate of drug-likeness (QED) is 0.916. The van der Waals surface area contributed by atoms with E-state index in [0.717, 1.165) is 6.07 Å². The number of halogens is 3. The fourth-order valence-electron chi connectivity index (χ4n) is 2.08. The van der Waals surface area contributed by atoms with Crippen molar-refractivity contribution in [2.45, 2.75) is 0 Å². The predicted octanol–water partition coefficient (Wildman–Crippen LogP) is 3.73. The number of benzene rings is 2. The standard InChI is InChI=1S/C15H9ClF2N2O2/c16-12-6-9(17)2-4-10(12)11-3-1-8(5-13(11)18)14-7-22-15(21)20-19-14/h1-6H,7H2,(H,20,21). The van der Waals surface area contributed by atoms with Gasteiger partial charge in [0.2, 0.25) is 0 Å². The molecule has 0 spiro atoms. The van der Waals surface area contributed by atoms with E-state index in [9.17, 15) is 13.6 Å². The first-order valence-corrected chi connectivity index (χ1v) is 6.67. The molecule has 0 unspecified atom stereocenters. The molecule has 0 saturated heterocycles. The Morgan fingerprint density at radius 1 is 1.14 bits per heavy atom. The fraction of sp³-hybridized carbons (Fsp3) is 0.0667. The first-order chi connectivity index (χ1) is 10.5. The number of rotatable bonds is 2. The Morgan fingerprint density at radius 3 is 2.55 bits per heavy atom. The molecule has 22 heavy (non-hydrogen) atoms. The minimum atomic E-state index is -0.654. The van der Waals surface area contributed by atoms with Crippen LogP contribution in [0, 0.1) is 11.6 Å². The van der Waals surface area contributed by atoms with Gasteiger partial charge in [0.1, 0.15) is 24.0 Å². The number of carbonyl (C=O) groups is 1. The van der Waals surface area contributed by atoms with Crippen molar-refractivity contribution in [2.24, 2.45) is 5.10 Å². The van der Waals surface area contributed by atoms with Gasteiger partial charge in [0.05, 0.1) is 5.02 Å². The van der Waals surface area contributed by atoms with Gasteiger partial charge in [0.15, 0.2) is 0 Å². The zero-order valence-electron chi connectivity index (χ0n) is 11.1. The summed E-state index contributed by atoms with van der Waals surface area (Å²) < 4.78 is 32.1. The van der Waals surface area contributed by atoms with Crippen LogP contribution in [0.2, 0.25) is 5.02 Å². The van der Waals surface area contributed by atoms with E-state index < -0.39 is 17.7 Å². The van der Waals surface area contributed by atoms with Gasteiger partial charge in [-0.05, 0) is 24.3 Å². The van der Waals surface area contributed by atoms with Crippen molar-refractivity contribution < 1.29 is 18.3 Å². The summed E-state index contributed by atoms with van der Waals surface area (Å²) >= 11 is 5.94. The summed E-state index contributed by atoms with van der Waals surface area (Å²) in [5.74, 6) is -1.03. The number of nitrogens with one attached hydrogen (secondary N) is 1. The molecule has 4 nitrogen and oxygen atoms in total. The van der Waals surface area contributed by atoms with E-state index in [0.29, 0.717) is 16.8 Å². The number of ether oxygens (including phenoxy) is 1. The molecule has 1 aliphatic heterocycles. The Labute approximate surface area is 129 Å². The van der Waals surface area contributed by atoms with E-state index in [-0.39, 0.29) is 17.2 Å². The average molecular weight is 323 g/mol. The van der Waals surface area contributed by atoms with Crippen LogP contribution < -0.4 is 5.43 Å². The SMILES string of the molecule is O=C1NN=C(c2ccc(-c3ccc(F)cc3Cl)c(F)c2)CO1. The van der Waals surface area contributed by atoms with Crippen LogP contribution >= 0.6 is 11.6 Å². The van der Waals surface area contributed by atoms with Crippen LogP contribution in [-0.4, -0.2) is 18.4 Å². The van der Waals surface area contributed by atoms with Gasteiger partial charge in [-0.3, -0.25) is 0 Å². The van der Waals surface area contributed by atoms with E-state index in [4.69, 9.17) is 16.3 Å². The number of nitrogens with zero attached hydrogens (tertiary/aromatic N) is 1. The van der Waals surface area contributed by atoms with Crippen LogP contribution in [0.25, 0.3) is 11.1 Å². The Bertz CT molecular complexity index is 793. The fourth-order valence-corrected chi connectivity index (χ4v) is 2.35. The highest BCUT2D eigenvalue weighted by Gasteiger charge is 2.16. The molecule has 1 N–H and O–H groups in total. The molecule has 1 amide bonds. The molecular formula is C15H9ClF2N2O2. The van der Waals surface area contributed by atoms with E-state index >= 15 is 0 Å². The lowest BCUT2D eigenvalue weighted by Crippen LogP contribution is -2.30. The second-order valence-corrected chi connectivity index (χ2v) is 4.97. The number of hydrazone groups is 1. The molecule has 112 valence electrons. The number of hydrogen-bond donors (Lipinski definition) is 1. The van der Waals surface area contributed by atoms with Gasteiger partial charge in [-0.2, -0.15) is 5.10 Å². The van der Waals surface area contributed by atoms with Gasteiger partial charge in [-0.25, -0.2) is 19.0 Å². The maximum Gasteiger partial charge on any atom is 0.428 e. The zero-order chi connectivity index (χ0) is 15.7. The highest BCUT2D eigenvalue weighted by atomic mass is 35.5. The van der Waals surface area contributed by atoms with E-state index in [2.05, 4.69) is 10.5 Å². The summed E-state index contributed by atoms with van der Waals surface area (Å²) in [6.07, 6.45) is -0.654. The zero-order valence-corrected chi connectivity index (χ0v) is 11.8. The molecule has 0 aromatic heterocycles. The van der Waals surface area contributed by atoms with Gasteiger partial charge < -0.3 is 4.74 Å². The minimum absolute atomic E-state index is 0.0398. The Balaban J connectivity index is 1.97. The predicted molar refractivity (Wildman–Crippen MR) is 77.8 cm³/mol. The molecule has 3 rings (SSSR count). The summed E-state index contributed by atoms with van der Waals surface area (Å²) in [5.41, 5.74) is 3.66. The summed E-state index contributed by atoms with van der Waals surface area (Å²) in [6.45, 7) is -0.0398. The Hall–Kier alpha value is -2.47.